The number of carbonyl (C=O) groups is 1. The van der Waals surface area contributed by atoms with Gasteiger partial charge in [0.15, 0.2) is 5.79 Å². The summed E-state index contributed by atoms with van der Waals surface area (Å²) in [6, 6.07) is 0. The van der Waals surface area contributed by atoms with E-state index in [4.69, 9.17) is 9.47 Å². The fourth-order valence-corrected chi connectivity index (χ4v) is 9.11. The van der Waals surface area contributed by atoms with Gasteiger partial charge in [0, 0.05) is 17.3 Å². The molecule has 1 aliphatic heterocycles. The van der Waals surface area contributed by atoms with Crippen molar-refractivity contribution >= 4 is 5.78 Å². The van der Waals surface area contributed by atoms with Crippen LogP contribution in [0.2, 0.25) is 0 Å². The third kappa shape index (κ3) is 3.53. The Morgan fingerprint density at radius 3 is 2.21 bits per heavy atom. The molecule has 0 amide bonds. The van der Waals surface area contributed by atoms with Crippen molar-refractivity contribution in [3.8, 4) is 0 Å². The van der Waals surface area contributed by atoms with Crippen LogP contribution in [0.15, 0.2) is 11.1 Å². The zero-order valence-electron chi connectivity index (χ0n) is 23.5. The summed E-state index contributed by atoms with van der Waals surface area (Å²) in [6.45, 7) is 22.4. The number of carbonyl (C=O) groups excluding carboxylic acids is 1. The largest absolute Gasteiger partial charge is 0.350 e. The summed E-state index contributed by atoms with van der Waals surface area (Å²) in [5.74, 6) is 3.04. The van der Waals surface area contributed by atoms with Crippen molar-refractivity contribution < 1.29 is 14.3 Å². The lowest BCUT2D eigenvalue weighted by atomic mass is 9.55. The van der Waals surface area contributed by atoms with Crippen molar-refractivity contribution in [3.63, 3.8) is 0 Å². The minimum atomic E-state index is -0.494. The van der Waals surface area contributed by atoms with Crippen molar-refractivity contribution in [1.82, 2.24) is 0 Å². The molecule has 3 fully saturated rings. The van der Waals surface area contributed by atoms with Gasteiger partial charge in [-0.3, -0.25) is 4.79 Å². The van der Waals surface area contributed by atoms with Crippen molar-refractivity contribution in [2.45, 2.75) is 113 Å². The van der Waals surface area contributed by atoms with Crippen LogP contribution in [-0.2, 0) is 14.3 Å². The smallest absolute Gasteiger partial charge is 0.166 e. The molecule has 4 aliphatic carbocycles. The summed E-state index contributed by atoms with van der Waals surface area (Å²) in [6.07, 6.45) is 8.02. The Labute approximate surface area is 208 Å². The third-order valence-electron chi connectivity index (χ3n) is 12.2. The maximum Gasteiger partial charge on any atom is 0.166 e. The van der Waals surface area contributed by atoms with E-state index >= 15 is 0 Å². The Morgan fingerprint density at radius 2 is 1.59 bits per heavy atom. The van der Waals surface area contributed by atoms with Gasteiger partial charge in [0.05, 0.1) is 13.2 Å². The standard InChI is InChI=1S/C31H50O3/c1-19-10-11-24-26(28(24,6)7)31(19)17-33-30(9,34-18-31)15-22-12-13-27(4,5)25-16-29(8,21(3)32)20(2)14-23(22)25/h19-20,22,24,26H,10-18H2,1-9H3. The van der Waals surface area contributed by atoms with E-state index in [0.29, 0.717) is 29.0 Å². The first-order valence-corrected chi connectivity index (χ1v) is 14.2. The number of ether oxygens (including phenoxy) is 2. The average molecular weight is 471 g/mol. The first-order chi connectivity index (χ1) is 15.7. The Morgan fingerprint density at radius 1 is 0.941 bits per heavy atom. The molecule has 2 saturated carbocycles. The summed E-state index contributed by atoms with van der Waals surface area (Å²) in [7, 11) is 0. The highest BCUT2D eigenvalue weighted by molar-refractivity contribution is 5.83. The molecule has 34 heavy (non-hydrogen) atoms. The van der Waals surface area contributed by atoms with Crippen LogP contribution in [-0.4, -0.2) is 24.8 Å². The van der Waals surface area contributed by atoms with Crippen LogP contribution in [0.5, 0.6) is 0 Å². The molecule has 3 heteroatoms. The fraction of sp³-hybridized carbons (Fsp3) is 0.903. The van der Waals surface area contributed by atoms with Crippen LogP contribution in [0, 0.1) is 51.2 Å². The van der Waals surface area contributed by atoms with Gasteiger partial charge in [0.1, 0.15) is 5.78 Å². The second-order valence-electron chi connectivity index (χ2n) is 14.9. The number of rotatable bonds is 3. The minimum Gasteiger partial charge on any atom is -0.350 e. The summed E-state index contributed by atoms with van der Waals surface area (Å²) >= 11 is 0. The topological polar surface area (TPSA) is 35.5 Å². The molecule has 0 radical (unpaired) electrons. The lowest BCUT2D eigenvalue weighted by Gasteiger charge is -2.53. The highest BCUT2D eigenvalue weighted by atomic mass is 16.7. The van der Waals surface area contributed by atoms with Crippen LogP contribution in [0.3, 0.4) is 0 Å². The SMILES string of the molecule is CC(=O)C1(C)CC2=C(CC1C)C(CC1(C)OCC3(CO1)C(C)CCC1C3C1(C)C)CCC2(C)C. The van der Waals surface area contributed by atoms with E-state index in [-0.39, 0.29) is 16.2 Å². The molecule has 0 aromatic carbocycles. The summed E-state index contributed by atoms with van der Waals surface area (Å²) in [5, 5.41) is 0. The van der Waals surface area contributed by atoms with Gasteiger partial charge in [-0.15, -0.1) is 0 Å². The van der Waals surface area contributed by atoms with Crippen molar-refractivity contribution in [1.29, 1.82) is 0 Å². The second-order valence-corrected chi connectivity index (χ2v) is 14.9. The van der Waals surface area contributed by atoms with E-state index < -0.39 is 5.79 Å². The van der Waals surface area contributed by atoms with Crippen molar-refractivity contribution in [2.24, 2.45) is 51.2 Å². The van der Waals surface area contributed by atoms with Crippen LogP contribution in [0.1, 0.15) is 107 Å². The van der Waals surface area contributed by atoms with E-state index in [2.05, 4.69) is 55.4 Å². The Balaban J connectivity index is 1.35. The summed E-state index contributed by atoms with van der Waals surface area (Å²) in [4.78, 5) is 12.7. The van der Waals surface area contributed by atoms with Crippen molar-refractivity contribution in [2.75, 3.05) is 13.2 Å². The molecule has 6 unspecified atom stereocenters. The quantitative estimate of drug-likeness (QED) is 0.399. The van der Waals surface area contributed by atoms with Gasteiger partial charge in [-0.2, -0.15) is 0 Å². The molecule has 5 aliphatic rings. The van der Waals surface area contributed by atoms with Crippen LogP contribution >= 0.6 is 0 Å². The number of hydrogen-bond donors (Lipinski definition) is 0. The van der Waals surface area contributed by atoms with E-state index in [1.807, 2.05) is 0 Å². The van der Waals surface area contributed by atoms with Gasteiger partial charge in [-0.25, -0.2) is 0 Å². The zero-order valence-corrected chi connectivity index (χ0v) is 23.5. The van der Waals surface area contributed by atoms with Crippen LogP contribution in [0.25, 0.3) is 0 Å². The highest BCUT2D eigenvalue weighted by Crippen LogP contribution is 2.73. The zero-order chi connectivity index (χ0) is 24.9. The molecular weight excluding hydrogens is 420 g/mol. The maximum absolute atomic E-state index is 12.7. The van der Waals surface area contributed by atoms with E-state index in [1.165, 1.54) is 25.7 Å². The molecular formula is C31H50O3. The molecule has 0 aromatic rings. The molecule has 0 N–H and O–H groups in total. The summed E-state index contributed by atoms with van der Waals surface area (Å²) < 4.78 is 13.5. The average Bonchev–Trinajstić information content (AvgIpc) is 3.32. The third-order valence-corrected chi connectivity index (χ3v) is 12.2. The number of allylic oxidation sites excluding steroid dienone is 2. The Kier molecular flexibility index (Phi) is 5.64. The monoisotopic (exact) mass is 470 g/mol. The van der Waals surface area contributed by atoms with Gasteiger partial charge in [0.2, 0.25) is 0 Å². The van der Waals surface area contributed by atoms with E-state index in [1.54, 1.807) is 18.1 Å². The minimum absolute atomic E-state index is 0.187. The number of hydrogen-bond acceptors (Lipinski definition) is 3. The first-order valence-electron chi connectivity index (χ1n) is 14.2. The molecule has 1 saturated heterocycles. The van der Waals surface area contributed by atoms with Gasteiger partial charge < -0.3 is 9.47 Å². The fourth-order valence-electron chi connectivity index (χ4n) is 9.11. The molecule has 0 bridgehead atoms. The molecule has 3 nitrogen and oxygen atoms in total. The Bertz CT molecular complexity index is 886. The van der Waals surface area contributed by atoms with E-state index in [9.17, 15) is 4.79 Å². The number of fused-ring (bicyclic) bond motifs is 2. The van der Waals surface area contributed by atoms with Crippen LogP contribution < -0.4 is 0 Å². The predicted molar refractivity (Wildman–Crippen MR) is 137 cm³/mol. The highest BCUT2D eigenvalue weighted by Gasteiger charge is 2.70. The molecule has 6 atom stereocenters. The van der Waals surface area contributed by atoms with Gasteiger partial charge in [-0.1, -0.05) is 59.6 Å². The number of ketones is 1. The Hall–Kier alpha value is -0.670. The maximum atomic E-state index is 12.7. The second kappa shape index (κ2) is 7.67. The molecule has 0 aromatic heterocycles. The lowest BCUT2D eigenvalue weighted by Crippen LogP contribution is -2.54. The van der Waals surface area contributed by atoms with Gasteiger partial charge in [-0.05, 0) is 92.8 Å². The lowest BCUT2D eigenvalue weighted by molar-refractivity contribution is -0.316. The normalized spacial score (nSPS) is 49.4. The molecule has 1 heterocycles. The van der Waals surface area contributed by atoms with Crippen molar-refractivity contribution in [3.05, 3.63) is 11.1 Å². The van der Waals surface area contributed by atoms with Gasteiger partial charge >= 0.3 is 0 Å². The number of Topliss-reactive ketones (excluding diaryl/α,β-unsaturated/α-hetero) is 1. The van der Waals surface area contributed by atoms with Crippen LogP contribution in [0.4, 0.5) is 0 Å². The van der Waals surface area contributed by atoms with Gasteiger partial charge in [0.25, 0.3) is 0 Å². The molecule has 5 rings (SSSR count). The van der Waals surface area contributed by atoms with E-state index in [0.717, 1.165) is 44.3 Å². The first kappa shape index (κ1) is 25.0. The summed E-state index contributed by atoms with van der Waals surface area (Å²) in [5.41, 5.74) is 3.81. The molecule has 1 spiro atoms. The predicted octanol–water partition coefficient (Wildman–Crippen LogP) is 7.59. The molecule has 192 valence electrons.